The van der Waals surface area contributed by atoms with Gasteiger partial charge in [-0.3, -0.25) is 4.99 Å². The number of ether oxygens (including phenoxy) is 1. The molecule has 0 aliphatic rings. The Labute approximate surface area is 178 Å². The number of nitrogens with one attached hydrogen (secondary N) is 2. The van der Waals surface area contributed by atoms with Crippen LogP contribution in [0.25, 0.3) is 0 Å². The lowest BCUT2D eigenvalue weighted by atomic mass is 10.1. The number of para-hydroxylation sites is 1. The van der Waals surface area contributed by atoms with Gasteiger partial charge in [0.05, 0.1) is 13.2 Å². The van der Waals surface area contributed by atoms with Crippen LogP contribution in [0.15, 0.2) is 53.5 Å². The second kappa shape index (κ2) is 11.8. The largest absolute Gasteiger partial charge is 0.496 e. The maximum Gasteiger partial charge on any atom is 0.191 e. The molecule has 2 rings (SSSR count). The highest BCUT2D eigenvalue weighted by molar-refractivity contribution is 14.0. The van der Waals surface area contributed by atoms with Gasteiger partial charge in [-0.2, -0.15) is 0 Å². The van der Waals surface area contributed by atoms with E-state index < -0.39 is 0 Å². The van der Waals surface area contributed by atoms with Crippen molar-refractivity contribution in [1.29, 1.82) is 0 Å². The Bertz CT molecular complexity index is 722. The highest BCUT2D eigenvalue weighted by Crippen LogP contribution is 2.18. The van der Waals surface area contributed by atoms with Crippen molar-refractivity contribution in [3.05, 3.63) is 65.5 Å². The predicted octanol–water partition coefficient (Wildman–Crippen LogP) is 3.42. The topological polar surface area (TPSA) is 48.9 Å². The van der Waals surface area contributed by atoms with Crippen molar-refractivity contribution in [3.63, 3.8) is 0 Å². The Morgan fingerprint density at radius 2 is 1.78 bits per heavy atom. The third-order valence-corrected chi connectivity index (χ3v) is 4.20. The van der Waals surface area contributed by atoms with Crippen LogP contribution in [-0.4, -0.2) is 45.7 Å². The summed E-state index contributed by atoms with van der Waals surface area (Å²) in [5.74, 6) is 1.31. The molecule has 0 heterocycles. The van der Waals surface area contributed by atoms with E-state index in [9.17, 15) is 4.39 Å². The lowest BCUT2D eigenvalue weighted by Gasteiger charge is -2.26. The van der Waals surface area contributed by atoms with Crippen LogP contribution in [0.1, 0.15) is 17.2 Å². The number of hydrogen-bond acceptors (Lipinski definition) is 3. The van der Waals surface area contributed by atoms with Crippen LogP contribution in [0.3, 0.4) is 0 Å². The van der Waals surface area contributed by atoms with Gasteiger partial charge in [-0.1, -0.05) is 30.3 Å². The van der Waals surface area contributed by atoms with Gasteiger partial charge < -0.3 is 20.3 Å². The van der Waals surface area contributed by atoms with Crippen molar-refractivity contribution in [2.75, 3.05) is 34.8 Å². The highest BCUT2D eigenvalue weighted by atomic mass is 127. The number of methoxy groups -OCH3 is 1. The number of aliphatic imine (C=N–C) groups is 1. The summed E-state index contributed by atoms with van der Waals surface area (Å²) in [6, 6.07) is 14.6. The Kier molecular flexibility index (Phi) is 10.1. The second-order valence-electron chi connectivity index (χ2n) is 6.15. The quantitative estimate of drug-likeness (QED) is 0.358. The van der Waals surface area contributed by atoms with Crippen molar-refractivity contribution in [2.45, 2.75) is 12.6 Å². The normalized spacial score (nSPS) is 12.3. The minimum Gasteiger partial charge on any atom is -0.496 e. The van der Waals surface area contributed by atoms with Crippen molar-refractivity contribution < 1.29 is 9.13 Å². The fraction of sp³-hybridized carbons (Fsp3) is 0.350. The molecule has 1 atom stereocenters. The molecule has 0 spiro atoms. The van der Waals surface area contributed by atoms with Crippen molar-refractivity contribution in [1.82, 2.24) is 15.5 Å². The number of benzene rings is 2. The third kappa shape index (κ3) is 6.99. The number of halogens is 2. The second-order valence-corrected chi connectivity index (χ2v) is 6.15. The first-order chi connectivity index (χ1) is 12.5. The summed E-state index contributed by atoms with van der Waals surface area (Å²) in [6.07, 6.45) is 0. The van der Waals surface area contributed by atoms with Crippen LogP contribution in [0.4, 0.5) is 4.39 Å². The number of nitrogens with zero attached hydrogens (tertiary/aromatic N) is 2. The molecule has 7 heteroatoms. The van der Waals surface area contributed by atoms with Gasteiger partial charge in [0.25, 0.3) is 0 Å². The minimum atomic E-state index is -0.228. The number of rotatable bonds is 7. The summed E-state index contributed by atoms with van der Waals surface area (Å²) < 4.78 is 18.5. The van der Waals surface area contributed by atoms with Gasteiger partial charge in [-0.05, 0) is 37.9 Å². The van der Waals surface area contributed by atoms with E-state index in [2.05, 4.69) is 20.5 Å². The van der Waals surface area contributed by atoms with Crippen LogP contribution >= 0.6 is 24.0 Å². The lowest BCUT2D eigenvalue weighted by molar-refractivity contribution is 0.298. The van der Waals surface area contributed by atoms with E-state index in [0.29, 0.717) is 19.0 Å². The van der Waals surface area contributed by atoms with Crippen molar-refractivity contribution in [2.24, 2.45) is 4.99 Å². The fourth-order valence-electron chi connectivity index (χ4n) is 2.73. The average molecular weight is 486 g/mol. The molecule has 0 saturated heterocycles. The summed E-state index contributed by atoms with van der Waals surface area (Å²) in [5, 5.41) is 6.63. The molecule has 0 aliphatic heterocycles. The molecule has 0 fully saturated rings. The zero-order valence-corrected chi connectivity index (χ0v) is 18.5. The number of guanidine groups is 1. The standard InChI is InChI=1S/C20H27FN4O.HI/c1-22-20(23-13-16-7-5-6-8-19(16)26-4)24-14-18(25(2)3)15-9-11-17(21)12-10-15;/h5-12,18H,13-14H2,1-4H3,(H2,22,23,24);1H. The zero-order valence-electron chi connectivity index (χ0n) is 16.2. The molecule has 0 aliphatic carbocycles. The van der Waals surface area contributed by atoms with Crippen LogP contribution in [-0.2, 0) is 6.54 Å². The van der Waals surface area contributed by atoms with Crippen LogP contribution in [0.5, 0.6) is 5.75 Å². The van der Waals surface area contributed by atoms with E-state index in [4.69, 9.17) is 4.74 Å². The van der Waals surface area contributed by atoms with Gasteiger partial charge in [-0.25, -0.2) is 4.39 Å². The predicted molar refractivity (Wildman–Crippen MR) is 119 cm³/mol. The number of likely N-dealkylation sites (N-methyl/N-ethyl adjacent to an activating group) is 1. The smallest absolute Gasteiger partial charge is 0.191 e. The molecule has 1 unspecified atom stereocenters. The van der Waals surface area contributed by atoms with Gasteiger partial charge in [-0.15, -0.1) is 24.0 Å². The van der Waals surface area contributed by atoms with Crippen molar-refractivity contribution in [3.8, 4) is 5.75 Å². The molecule has 148 valence electrons. The maximum absolute atomic E-state index is 13.2. The molecule has 0 bridgehead atoms. The monoisotopic (exact) mass is 486 g/mol. The molecule has 0 amide bonds. The summed E-state index contributed by atoms with van der Waals surface area (Å²) in [7, 11) is 7.40. The molecule has 2 aromatic rings. The van der Waals surface area contributed by atoms with Crippen molar-refractivity contribution >= 4 is 29.9 Å². The third-order valence-electron chi connectivity index (χ3n) is 4.20. The maximum atomic E-state index is 13.2. The Balaban J connectivity index is 0.00000364. The number of hydrogen-bond donors (Lipinski definition) is 2. The van der Waals surface area contributed by atoms with E-state index in [-0.39, 0.29) is 35.8 Å². The molecule has 0 saturated carbocycles. The Hall–Kier alpha value is -1.87. The average Bonchev–Trinajstić information content (AvgIpc) is 2.65. The first-order valence-electron chi connectivity index (χ1n) is 8.53. The molecule has 0 radical (unpaired) electrons. The summed E-state index contributed by atoms with van der Waals surface area (Å²) in [4.78, 5) is 6.36. The van der Waals surface area contributed by atoms with Gasteiger partial charge in [0, 0.05) is 25.7 Å². The van der Waals surface area contributed by atoms with Crippen LogP contribution in [0, 0.1) is 5.82 Å². The molecule has 0 aromatic heterocycles. The van der Waals surface area contributed by atoms with E-state index in [1.54, 1.807) is 14.2 Å². The zero-order chi connectivity index (χ0) is 18.9. The molecule has 27 heavy (non-hydrogen) atoms. The van der Waals surface area contributed by atoms with Crippen LogP contribution < -0.4 is 15.4 Å². The van der Waals surface area contributed by atoms with Gasteiger partial charge >= 0.3 is 0 Å². The fourth-order valence-corrected chi connectivity index (χ4v) is 2.73. The van der Waals surface area contributed by atoms with Gasteiger partial charge in [0.15, 0.2) is 5.96 Å². The molecule has 5 nitrogen and oxygen atoms in total. The molecule has 2 aromatic carbocycles. The van der Waals surface area contributed by atoms with Crippen LogP contribution in [0.2, 0.25) is 0 Å². The Morgan fingerprint density at radius 3 is 2.37 bits per heavy atom. The van der Waals surface area contributed by atoms with E-state index >= 15 is 0 Å². The summed E-state index contributed by atoms with van der Waals surface area (Å²) >= 11 is 0. The summed E-state index contributed by atoms with van der Waals surface area (Å²) in [6.45, 7) is 1.25. The van der Waals surface area contributed by atoms with E-state index in [1.165, 1.54) is 12.1 Å². The summed E-state index contributed by atoms with van der Waals surface area (Å²) in [5.41, 5.74) is 2.10. The van der Waals surface area contributed by atoms with Gasteiger partial charge in [0.1, 0.15) is 11.6 Å². The molecular formula is C20H28FIN4O. The first-order valence-corrected chi connectivity index (χ1v) is 8.53. The lowest BCUT2D eigenvalue weighted by Crippen LogP contribution is -2.41. The first kappa shape index (κ1) is 23.2. The van der Waals surface area contributed by atoms with E-state index in [0.717, 1.165) is 16.9 Å². The van der Waals surface area contributed by atoms with E-state index in [1.807, 2.05) is 50.5 Å². The SMILES string of the molecule is CN=C(NCc1ccccc1OC)NCC(c1ccc(F)cc1)N(C)C.I. The minimum absolute atomic E-state index is 0. The highest BCUT2D eigenvalue weighted by Gasteiger charge is 2.15. The Morgan fingerprint density at radius 1 is 1.11 bits per heavy atom. The van der Waals surface area contributed by atoms with Gasteiger partial charge in [0.2, 0.25) is 0 Å². The molecular weight excluding hydrogens is 458 g/mol. The molecule has 2 N–H and O–H groups in total.